The number of thioether (sulfide) groups is 1. The van der Waals surface area contributed by atoms with Gasteiger partial charge in [0.2, 0.25) is 5.91 Å². The van der Waals surface area contributed by atoms with Crippen molar-refractivity contribution in [3.05, 3.63) is 23.2 Å². The number of hydrogen-bond donors (Lipinski definition) is 1. The number of aromatic nitrogens is 1. The monoisotopic (exact) mass is 376 g/mol. The first-order valence-corrected chi connectivity index (χ1v) is 10.6. The summed E-state index contributed by atoms with van der Waals surface area (Å²) in [5.74, 6) is 0.265. The lowest BCUT2D eigenvalue weighted by Gasteiger charge is -2.09. The Labute approximate surface area is 141 Å². The molecule has 0 spiro atoms. The van der Waals surface area contributed by atoms with Gasteiger partial charge in [0.25, 0.3) is 0 Å². The fraction of sp³-hybridized carbons (Fsp3) is 0.385. The number of carbonyl (C=O) groups excluding carboxylic acids is 1. The highest BCUT2D eigenvalue weighted by Crippen LogP contribution is 2.30. The van der Waals surface area contributed by atoms with E-state index in [9.17, 15) is 13.2 Å². The fourth-order valence-electron chi connectivity index (χ4n) is 2.25. The van der Waals surface area contributed by atoms with Gasteiger partial charge in [-0.05, 0) is 24.6 Å². The molecular formula is C13H13ClN2O3S3. The average Bonchev–Trinajstić information content (AvgIpc) is 2.98. The van der Waals surface area contributed by atoms with Crippen molar-refractivity contribution in [3.63, 3.8) is 0 Å². The smallest absolute Gasteiger partial charge is 0.230 e. The third-order valence-electron chi connectivity index (χ3n) is 3.25. The maximum atomic E-state index is 11.9. The first-order valence-electron chi connectivity index (χ1n) is 6.60. The molecule has 5 nitrogen and oxygen atoms in total. The van der Waals surface area contributed by atoms with Gasteiger partial charge in [-0.3, -0.25) is 4.79 Å². The molecule has 1 N–H and O–H groups in total. The molecule has 2 heterocycles. The van der Waals surface area contributed by atoms with E-state index in [4.69, 9.17) is 11.6 Å². The normalized spacial score (nSPS) is 20.3. The molecule has 1 aliphatic heterocycles. The lowest BCUT2D eigenvalue weighted by atomic mass is 10.3. The van der Waals surface area contributed by atoms with Crippen molar-refractivity contribution < 1.29 is 13.2 Å². The third-order valence-corrected chi connectivity index (χ3v) is 7.44. The highest BCUT2D eigenvalue weighted by Gasteiger charge is 2.28. The summed E-state index contributed by atoms with van der Waals surface area (Å²) in [5, 5.41) is 3.40. The highest BCUT2D eigenvalue weighted by atomic mass is 35.5. The maximum Gasteiger partial charge on any atom is 0.230 e. The van der Waals surface area contributed by atoms with E-state index in [0.29, 0.717) is 11.4 Å². The summed E-state index contributed by atoms with van der Waals surface area (Å²) >= 11 is 8.77. The van der Waals surface area contributed by atoms with Crippen molar-refractivity contribution in [3.8, 4) is 0 Å². The number of rotatable bonds is 4. The van der Waals surface area contributed by atoms with E-state index in [1.807, 2.05) is 12.1 Å². The van der Waals surface area contributed by atoms with E-state index >= 15 is 0 Å². The van der Waals surface area contributed by atoms with Crippen molar-refractivity contribution in [2.75, 3.05) is 17.3 Å². The van der Waals surface area contributed by atoms with Crippen molar-refractivity contribution in [1.82, 2.24) is 10.3 Å². The molecule has 1 unspecified atom stereocenters. The molecule has 1 saturated heterocycles. The van der Waals surface area contributed by atoms with E-state index in [1.165, 1.54) is 23.1 Å². The van der Waals surface area contributed by atoms with Crippen LogP contribution in [0.2, 0.25) is 5.02 Å². The number of nitrogens with zero attached hydrogens (tertiary/aromatic N) is 1. The van der Waals surface area contributed by atoms with Crippen LogP contribution in [0.1, 0.15) is 6.42 Å². The van der Waals surface area contributed by atoms with Crippen LogP contribution in [-0.4, -0.2) is 42.6 Å². The van der Waals surface area contributed by atoms with Crippen LogP contribution in [0.5, 0.6) is 0 Å². The molecular weight excluding hydrogens is 364 g/mol. The third kappa shape index (κ3) is 3.92. The van der Waals surface area contributed by atoms with Gasteiger partial charge in [-0.2, -0.15) is 0 Å². The second-order valence-corrected chi connectivity index (χ2v) is 9.97. The van der Waals surface area contributed by atoms with Crippen LogP contribution in [0.4, 0.5) is 0 Å². The minimum absolute atomic E-state index is 0.0447. The molecule has 3 rings (SSSR count). The van der Waals surface area contributed by atoms with Crippen LogP contribution in [0.25, 0.3) is 10.2 Å². The van der Waals surface area contributed by atoms with Gasteiger partial charge >= 0.3 is 0 Å². The molecule has 1 amide bonds. The van der Waals surface area contributed by atoms with Crippen molar-refractivity contribution in [1.29, 1.82) is 0 Å². The first-order chi connectivity index (χ1) is 10.4. The topological polar surface area (TPSA) is 76.1 Å². The summed E-state index contributed by atoms with van der Waals surface area (Å²) in [6, 6.07) is 5.25. The Morgan fingerprint density at radius 2 is 2.32 bits per heavy atom. The van der Waals surface area contributed by atoms with Gasteiger partial charge in [-0.25, -0.2) is 13.4 Å². The zero-order chi connectivity index (χ0) is 15.7. The number of fused-ring (bicyclic) bond motifs is 1. The van der Waals surface area contributed by atoms with Gasteiger partial charge in [0.05, 0.1) is 27.5 Å². The van der Waals surface area contributed by atoms with Gasteiger partial charge in [0.15, 0.2) is 14.2 Å². The molecule has 0 aliphatic carbocycles. The summed E-state index contributed by atoms with van der Waals surface area (Å²) in [6.45, 7) is 0. The second kappa shape index (κ2) is 6.35. The van der Waals surface area contributed by atoms with E-state index in [0.717, 1.165) is 14.6 Å². The van der Waals surface area contributed by atoms with Crippen molar-refractivity contribution >= 4 is 60.7 Å². The zero-order valence-corrected chi connectivity index (χ0v) is 14.6. The van der Waals surface area contributed by atoms with Crippen LogP contribution in [0.15, 0.2) is 22.5 Å². The second-order valence-electron chi connectivity index (χ2n) is 5.05. The quantitative estimate of drug-likeness (QED) is 0.829. The van der Waals surface area contributed by atoms with E-state index in [-0.39, 0.29) is 29.2 Å². The lowest BCUT2D eigenvalue weighted by Crippen LogP contribution is -2.36. The lowest BCUT2D eigenvalue weighted by molar-refractivity contribution is -0.119. The van der Waals surface area contributed by atoms with Crippen molar-refractivity contribution in [2.24, 2.45) is 0 Å². The summed E-state index contributed by atoms with van der Waals surface area (Å²) in [6.07, 6.45) is 0.498. The summed E-state index contributed by atoms with van der Waals surface area (Å²) in [7, 11) is -2.97. The molecule has 2 aromatic rings. The molecule has 1 aromatic carbocycles. The molecule has 0 saturated carbocycles. The Morgan fingerprint density at radius 3 is 3.05 bits per heavy atom. The molecule has 118 valence electrons. The fourth-order valence-corrected chi connectivity index (χ4v) is 5.95. The first kappa shape index (κ1) is 16.0. The number of carbonyl (C=O) groups is 1. The summed E-state index contributed by atoms with van der Waals surface area (Å²) < 4.78 is 24.5. The minimum atomic E-state index is -2.97. The Hall–Kier alpha value is -0.830. The number of thiazole rings is 1. The van der Waals surface area contributed by atoms with Crippen molar-refractivity contribution in [2.45, 2.75) is 16.8 Å². The van der Waals surface area contributed by atoms with Crippen LogP contribution in [0, 0.1) is 0 Å². The Morgan fingerprint density at radius 1 is 1.50 bits per heavy atom. The minimum Gasteiger partial charge on any atom is -0.352 e. The molecule has 9 heteroatoms. The van der Waals surface area contributed by atoms with Gasteiger partial charge in [0.1, 0.15) is 0 Å². The van der Waals surface area contributed by atoms with Gasteiger partial charge in [0, 0.05) is 11.1 Å². The number of sulfone groups is 1. The number of nitrogens with one attached hydrogen (secondary N) is 1. The number of amides is 1. The largest absolute Gasteiger partial charge is 0.352 e. The zero-order valence-electron chi connectivity index (χ0n) is 11.4. The predicted octanol–water partition coefficient (Wildman–Crippen LogP) is 2.35. The van der Waals surface area contributed by atoms with E-state index in [1.54, 1.807) is 6.07 Å². The number of hydrogen-bond acceptors (Lipinski definition) is 6. The summed E-state index contributed by atoms with van der Waals surface area (Å²) in [4.78, 5) is 16.3. The molecule has 0 bridgehead atoms. The van der Waals surface area contributed by atoms with Crippen LogP contribution in [0.3, 0.4) is 0 Å². The molecule has 0 radical (unpaired) electrons. The molecule has 1 aromatic heterocycles. The predicted molar refractivity (Wildman–Crippen MR) is 90.6 cm³/mol. The SMILES string of the molecule is O=C(CSc1nc2cc(Cl)ccc2s1)NC1CCS(=O)(=O)C1. The molecule has 1 fully saturated rings. The van der Waals surface area contributed by atoms with Crippen LogP contribution >= 0.6 is 34.7 Å². The average molecular weight is 377 g/mol. The standard InChI is InChI=1S/C13H13ClN2O3S3/c14-8-1-2-11-10(5-8)16-13(21-11)20-6-12(17)15-9-3-4-22(18,19)7-9/h1-2,5,9H,3-4,6-7H2,(H,15,17). The van der Waals surface area contributed by atoms with Crippen LogP contribution in [-0.2, 0) is 14.6 Å². The van der Waals surface area contributed by atoms with Crippen LogP contribution < -0.4 is 5.32 Å². The Balaban J connectivity index is 1.56. The summed E-state index contributed by atoms with van der Waals surface area (Å²) in [5.41, 5.74) is 0.822. The van der Waals surface area contributed by atoms with Gasteiger partial charge in [-0.15, -0.1) is 11.3 Å². The van der Waals surface area contributed by atoms with E-state index < -0.39 is 9.84 Å². The molecule has 22 heavy (non-hydrogen) atoms. The highest BCUT2D eigenvalue weighted by molar-refractivity contribution is 8.01. The number of halogens is 1. The Kier molecular flexibility index (Phi) is 4.63. The maximum absolute atomic E-state index is 11.9. The van der Waals surface area contributed by atoms with Gasteiger partial charge in [-0.1, -0.05) is 23.4 Å². The van der Waals surface area contributed by atoms with Gasteiger partial charge < -0.3 is 5.32 Å². The van der Waals surface area contributed by atoms with E-state index in [2.05, 4.69) is 10.3 Å². The Bertz CT molecular complexity index is 819. The molecule has 1 atom stereocenters. The number of benzene rings is 1. The molecule has 1 aliphatic rings.